The van der Waals surface area contributed by atoms with Crippen molar-refractivity contribution >= 4 is 47.0 Å². The van der Waals surface area contributed by atoms with Crippen LogP contribution in [0, 0.1) is 10.1 Å². The number of halogens is 1. The van der Waals surface area contributed by atoms with Crippen LogP contribution in [0.15, 0.2) is 47.5 Å². The van der Waals surface area contributed by atoms with Crippen LogP contribution in [0.3, 0.4) is 0 Å². The van der Waals surface area contributed by atoms with E-state index >= 15 is 0 Å². The Kier molecular flexibility index (Phi) is 10.6. The molecule has 0 saturated heterocycles. The number of nitro groups is 1. The molecule has 29 heavy (non-hydrogen) atoms. The number of nitrogens with one attached hydrogen (secondary N) is 3. The first-order chi connectivity index (χ1) is 13.6. The molecule has 9 nitrogen and oxygen atoms in total. The fourth-order valence-electron chi connectivity index (χ4n) is 2.50. The number of anilines is 2. The van der Waals surface area contributed by atoms with Gasteiger partial charge in [-0.1, -0.05) is 12.1 Å². The molecule has 0 aromatic heterocycles. The molecule has 0 aliphatic heterocycles. The molecule has 158 valence electrons. The number of guanidine groups is 1. The molecule has 0 unspecified atom stereocenters. The molecule has 2 aromatic carbocycles. The second-order valence-corrected chi connectivity index (χ2v) is 5.66. The summed E-state index contributed by atoms with van der Waals surface area (Å²) in [5, 5.41) is 20.5. The molecule has 2 aromatic rings. The van der Waals surface area contributed by atoms with E-state index in [0.717, 1.165) is 5.69 Å². The highest BCUT2D eigenvalue weighted by Crippen LogP contribution is 2.29. The van der Waals surface area contributed by atoms with Crippen LogP contribution in [0.25, 0.3) is 0 Å². The quantitative estimate of drug-likeness (QED) is 0.117. The van der Waals surface area contributed by atoms with Crippen molar-refractivity contribution in [1.82, 2.24) is 5.32 Å². The third-order valence-electron chi connectivity index (χ3n) is 3.79. The summed E-state index contributed by atoms with van der Waals surface area (Å²) in [5.41, 5.74) is 1.31. The van der Waals surface area contributed by atoms with Gasteiger partial charge in [-0.05, 0) is 25.1 Å². The Morgan fingerprint density at radius 2 is 1.86 bits per heavy atom. The largest absolute Gasteiger partial charge is 0.493 e. The number of methoxy groups -OCH3 is 2. The number of nitro benzene ring substituents is 1. The van der Waals surface area contributed by atoms with Crippen LogP contribution in [-0.2, 0) is 0 Å². The van der Waals surface area contributed by atoms with Crippen molar-refractivity contribution < 1.29 is 14.4 Å². The molecule has 10 heteroatoms. The molecule has 0 radical (unpaired) electrons. The molecule has 0 bridgehead atoms. The van der Waals surface area contributed by atoms with Crippen molar-refractivity contribution in [2.24, 2.45) is 4.99 Å². The Morgan fingerprint density at radius 1 is 1.14 bits per heavy atom. The van der Waals surface area contributed by atoms with Gasteiger partial charge in [0.15, 0.2) is 17.5 Å². The molecule has 0 atom stereocenters. The average Bonchev–Trinajstić information content (AvgIpc) is 2.71. The summed E-state index contributed by atoms with van der Waals surface area (Å²) in [6.45, 7) is 3.54. The van der Waals surface area contributed by atoms with Crippen molar-refractivity contribution in [2.45, 2.75) is 6.92 Å². The van der Waals surface area contributed by atoms with Gasteiger partial charge < -0.3 is 25.4 Å². The van der Waals surface area contributed by atoms with Crippen LogP contribution in [-0.4, -0.2) is 44.7 Å². The predicted molar refractivity (Wildman–Crippen MR) is 126 cm³/mol. The lowest BCUT2D eigenvalue weighted by atomic mass is 10.2. The summed E-state index contributed by atoms with van der Waals surface area (Å²) in [7, 11) is 3.16. The van der Waals surface area contributed by atoms with Crippen LogP contribution >= 0.6 is 24.0 Å². The Balaban J connectivity index is 0.00000420. The minimum absolute atomic E-state index is 0. The van der Waals surface area contributed by atoms with E-state index in [9.17, 15) is 10.1 Å². The van der Waals surface area contributed by atoms with Crippen LogP contribution in [0.5, 0.6) is 11.5 Å². The standard InChI is InChI=1S/C19H25N5O4.HI/c1-4-20-19(23-14-9-10-17(27-2)18(13-14)28-3)22-12-11-21-15-7-5-6-8-16(15)24(25)26;/h5-10,13,21H,4,11-12H2,1-3H3,(H2,20,22,23);1H. The van der Waals surface area contributed by atoms with Crippen molar-refractivity contribution in [1.29, 1.82) is 0 Å². The van der Waals surface area contributed by atoms with Gasteiger partial charge in [-0.2, -0.15) is 0 Å². The summed E-state index contributed by atoms with van der Waals surface area (Å²) < 4.78 is 10.5. The number of ether oxygens (including phenoxy) is 2. The van der Waals surface area contributed by atoms with E-state index in [-0.39, 0.29) is 29.7 Å². The van der Waals surface area contributed by atoms with Crippen molar-refractivity contribution in [3.63, 3.8) is 0 Å². The number of nitrogens with zero attached hydrogens (tertiary/aromatic N) is 2. The molecule has 0 aliphatic rings. The molecule has 0 saturated carbocycles. The van der Waals surface area contributed by atoms with E-state index < -0.39 is 4.92 Å². The van der Waals surface area contributed by atoms with Gasteiger partial charge in [0.1, 0.15) is 5.69 Å². The van der Waals surface area contributed by atoms with Crippen LogP contribution < -0.4 is 25.4 Å². The van der Waals surface area contributed by atoms with Gasteiger partial charge in [0.05, 0.1) is 25.7 Å². The summed E-state index contributed by atoms with van der Waals surface area (Å²) in [6.07, 6.45) is 0. The molecule has 3 N–H and O–H groups in total. The first kappa shape index (κ1) is 24.3. The van der Waals surface area contributed by atoms with Gasteiger partial charge in [0, 0.05) is 30.9 Å². The zero-order valence-corrected chi connectivity index (χ0v) is 18.9. The van der Waals surface area contributed by atoms with E-state index in [1.807, 2.05) is 19.1 Å². The minimum Gasteiger partial charge on any atom is -0.493 e. The maximum absolute atomic E-state index is 11.0. The second kappa shape index (κ2) is 12.6. The van der Waals surface area contributed by atoms with Crippen molar-refractivity contribution in [2.75, 3.05) is 44.5 Å². The van der Waals surface area contributed by atoms with Gasteiger partial charge in [-0.3, -0.25) is 15.1 Å². The Hall–Kier alpha value is -2.76. The highest BCUT2D eigenvalue weighted by molar-refractivity contribution is 14.0. The molecule has 0 aliphatic carbocycles. The van der Waals surface area contributed by atoms with Gasteiger partial charge in [-0.15, -0.1) is 24.0 Å². The smallest absolute Gasteiger partial charge is 0.292 e. The van der Waals surface area contributed by atoms with E-state index in [4.69, 9.17) is 9.47 Å². The minimum atomic E-state index is -0.408. The molecular weight excluding hydrogens is 489 g/mol. The first-order valence-electron chi connectivity index (χ1n) is 8.83. The lowest BCUT2D eigenvalue weighted by molar-refractivity contribution is -0.384. The summed E-state index contributed by atoms with van der Waals surface area (Å²) in [4.78, 5) is 15.1. The summed E-state index contributed by atoms with van der Waals surface area (Å²) >= 11 is 0. The van der Waals surface area contributed by atoms with Gasteiger partial charge in [0.2, 0.25) is 0 Å². The van der Waals surface area contributed by atoms with E-state index in [1.165, 1.54) is 6.07 Å². The van der Waals surface area contributed by atoms with Crippen LogP contribution in [0.4, 0.5) is 17.1 Å². The normalized spacial score (nSPS) is 10.5. The molecule has 2 rings (SSSR count). The topological polar surface area (TPSA) is 110 Å². The summed E-state index contributed by atoms with van der Waals surface area (Å²) in [5.74, 6) is 1.85. The highest BCUT2D eigenvalue weighted by Gasteiger charge is 2.11. The maximum Gasteiger partial charge on any atom is 0.292 e. The number of benzene rings is 2. The Morgan fingerprint density at radius 3 is 2.52 bits per heavy atom. The second-order valence-electron chi connectivity index (χ2n) is 5.66. The number of rotatable bonds is 9. The first-order valence-corrected chi connectivity index (χ1v) is 8.83. The maximum atomic E-state index is 11.0. The zero-order valence-electron chi connectivity index (χ0n) is 16.6. The third-order valence-corrected chi connectivity index (χ3v) is 3.79. The number of aliphatic imine (C=N–C) groups is 1. The Labute approximate surface area is 187 Å². The molecule has 0 fully saturated rings. The average molecular weight is 515 g/mol. The third kappa shape index (κ3) is 7.29. The van der Waals surface area contributed by atoms with E-state index in [1.54, 1.807) is 38.5 Å². The monoisotopic (exact) mass is 515 g/mol. The fraction of sp³-hybridized carbons (Fsp3) is 0.316. The zero-order chi connectivity index (χ0) is 20.4. The number of hydrogen-bond acceptors (Lipinski definition) is 6. The van der Waals surface area contributed by atoms with Gasteiger partial charge in [-0.25, -0.2) is 0 Å². The molecular formula is C19H26IN5O4. The summed E-state index contributed by atoms with van der Waals surface area (Å²) in [6, 6.07) is 12.0. The SMILES string of the molecule is CCNC(=NCCNc1ccccc1[N+](=O)[O-])Nc1ccc(OC)c(OC)c1.I. The van der Waals surface area contributed by atoms with Crippen molar-refractivity contribution in [3.05, 3.63) is 52.6 Å². The number of para-hydroxylation sites is 2. The molecule has 0 amide bonds. The van der Waals surface area contributed by atoms with E-state index in [2.05, 4.69) is 20.9 Å². The molecule has 0 heterocycles. The fourth-order valence-corrected chi connectivity index (χ4v) is 2.50. The van der Waals surface area contributed by atoms with Crippen molar-refractivity contribution in [3.8, 4) is 11.5 Å². The van der Waals surface area contributed by atoms with Gasteiger partial charge >= 0.3 is 0 Å². The number of hydrogen-bond donors (Lipinski definition) is 3. The van der Waals surface area contributed by atoms with Crippen LogP contribution in [0.1, 0.15) is 6.92 Å². The molecule has 0 spiro atoms. The lowest BCUT2D eigenvalue weighted by Gasteiger charge is -2.14. The predicted octanol–water partition coefficient (Wildman–Crippen LogP) is 3.72. The van der Waals surface area contributed by atoms with Crippen LogP contribution in [0.2, 0.25) is 0 Å². The van der Waals surface area contributed by atoms with E-state index in [0.29, 0.717) is 42.8 Å². The highest BCUT2D eigenvalue weighted by atomic mass is 127. The van der Waals surface area contributed by atoms with Gasteiger partial charge in [0.25, 0.3) is 5.69 Å². The Bertz CT molecular complexity index is 832. The lowest BCUT2D eigenvalue weighted by Crippen LogP contribution is -2.31.